The summed E-state index contributed by atoms with van der Waals surface area (Å²) < 4.78 is 5.18. The Kier molecular flexibility index (Phi) is 4.55. The van der Waals surface area contributed by atoms with Gasteiger partial charge in [0, 0.05) is 44.0 Å². The van der Waals surface area contributed by atoms with Gasteiger partial charge in [-0.3, -0.25) is 4.90 Å². The molecular formula is C14H23N3O. The topological polar surface area (TPSA) is 37.4 Å². The average Bonchev–Trinajstić information content (AvgIpc) is 2.39. The maximum absolute atomic E-state index is 5.18. The monoisotopic (exact) mass is 249 g/mol. The lowest BCUT2D eigenvalue weighted by Crippen LogP contribution is -2.54. The Balaban J connectivity index is 2.05. The van der Waals surface area contributed by atoms with E-state index in [0.29, 0.717) is 18.0 Å². The fourth-order valence-corrected chi connectivity index (χ4v) is 2.52. The van der Waals surface area contributed by atoms with E-state index in [4.69, 9.17) is 4.74 Å². The lowest BCUT2D eigenvalue weighted by molar-refractivity contribution is 0.124. The summed E-state index contributed by atoms with van der Waals surface area (Å²) in [5.41, 5.74) is 1.27. The van der Waals surface area contributed by atoms with Crippen molar-refractivity contribution in [2.24, 2.45) is 0 Å². The van der Waals surface area contributed by atoms with Crippen molar-refractivity contribution in [3.05, 3.63) is 23.9 Å². The molecule has 100 valence electrons. The molecule has 2 heterocycles. The zero-order valence-electron chi connectivity index (χ0n) is 11.5. The molecule has 2 rings (SSSR count). The van der Waals surface area contributed by atoms with Gasteiger partial charge in [-0.05, 0) is 25.0 Å². The van der Waals surface area contributed by atoms with Crippen LogP contribution in [0.3, 0.4) is 0 Å². The Bertz CT molecular complexity index is 383. The molecule has 1 aromatic heterocycles. The normalized spacial score (nSPS) is 25.1. The van der Waals surface area contributed by atoms with Crippen molar-refractivity contribution < 1.29 is 4.74 Å². The molecule has 0 spiro atoms. The molecule has 2 unspecified atom stereocenters. The molecule has 0 radical (unpaired) electrons. The predicted octanol–water partition coefficient (Wildman–Crippen LogP) is 1.66. The first kappa shape index (κ1) is 13.3. The van der Waals surface area contributed by atoms with Crippen molar-refractivity contribution in [2.75, 3.05) is 20.2 Å². The van der Waals surface area contributed by atoms with Crippen LogP contribution in [0, 0.1) is 0 Å². The molecule has 0 bridgehead atoms. The van der Waals surface area contributed by atoms with Crippen LogP contribution in [0.25, 0.3) is 0 Å². The molecule has 1 aliphatic heterocycles. The van der Waals surface area contributed by atoms with Crippen LogP contribution in [0.2, 0.25) is 0 Å². The van der Waals surface area contributed by atoms with Gasteiger partial charge in [0.05, 0.1) is 7.11 Å². The summed E-state index contributed by atoms with van der Waals surface area (Å²) in [5.74, 6) is 0.698. The summed E-state index contributed by atoms with van der Waals surface area (Å²) in [6, 6.07) is 5.29. The number of ether oxygens (including phenoxy) is 1. The maximum Gasteiger partial charge on any atom is 0.213 e. The van der Waals surface area contributed by atoms with Crippen molar-refractivity contribution >= 4 is 0 Å². The lowest BCUT2D eigenvalue weighted by Gasteiger charge is -2.39. The minimum Gasteiger partial charge on any atom is -0.481 e. The molecule has 1 aromatic rings. The van der Waals surface area contributed by atoms with Gasteiger partial charge in [-0.2, -0.15) is 0 Å². The fraction of sp³-hybridized carbons (Fsp3) is 0.643. The predicted molar refractivity (Wildman–Crippen MR) is 72.7 cm³/mol. The van der Waals surface area contributed by atoms with Crippen molar-refractivity contribution in [1.29, 1.82) is 0 Å². The minimum absolute atomic E-state index is 0.566. The number of hydrogen-bond donors (Lipinski definition) is 1. The third-order valence-electron chi connectivity index (χ3n) is 3.59. The van der Waals surface area contributed by atoms with Gasteiger partial charge in [0.1, 0.15) is 0 Å². The van der Waals surface area contributed by atoms with Gasteiger partial charge in [-0.1, -0.05) is 6.92 Å². The van der Waals surface area contributed by atoms with E-state index < -0.39 is 0 Å². The highest BCUT2D eigenvalue weighted by Gasteiger charge is 2.24. The second-order valence-corrected chi connectivity index (χ2v) is 5.01. The standard InChI is InChI=1S/C14H23N3O/c1-4-13-8-16-11(2)9-17(13)10-12-5-6-15-14(7-12)18-3/h5-7,11,13,16H,4,8-10H2,1-3H3. The van der Waals surface area contributed by atoms with Gasteiger partial charge in [-0.15, -0.1) is 0 Å². The van der Waals surface area contributed by atoms with Crippen molar-refractivity contribution in [3.63, 3.8) is 0 Å². The second-order valence-electron chi connectivity index (χ2n) is 5.01. The molecule has 0 saturated carbocycles. The Hall–Kier alpha value is -1.13. The largest absolute Gasteiger partial charge is 0.481 e. The molecule has 1 aliphatic rings. The van der Waals surface area contributed by atoms with Crippen molar-refractivity contribution in [1.82, 2.24) is 15.2 Å². The molecule has 0 aromatic carbocycles. The Morgan fingerprint density at radius 1 is 1.56 bits per heavy atom. The number of piperazine rings is 1. The summed E-state index contributed by atoms with van der Waals surface area (Å²) in [7, 11) is 1.66. The Morgan fingerprint density at radius 2 is 2.39 bits per heavy atom. The van der Waals surface area contributed by atoms with Gasteiger partial charge >= 0.3 is 0 Å². The summed E-state index contributed by atoms with van der Waals surface area (Å²) in [5, 5.41) is 3.54. The fourth-order valence-electron chi connectivity index (χ4n) is 2.52. The highest BCUT2D eigenvalue weighted by atomic mass is 16.5. The quantitative estimate of drug-likeness (QED) is 0.880. The van der Waals surface area contributed by atoms with Crippen molar-refractivity contribution in [2.45, 2.75) is 38.9 Å². The lowest BCUT2D eigenvalue weighted by atomic mass is 10.1. The Morgan fingerprint density at radius 3 is 3.11 bits per heavy atom. The van der Waals surface area contributed by atoms with Gasteiger partial charge in [0.15, 0.2) is 0 Å². The van der Waals surface area contributed by atoms with Gasteiger partial charge in [-0.25, -0.2) is 4.98 Å². The first-order chi connectivity index (χ1) is 8.72. The van der Waals surface area contributed by atoms with E-state index in [1.807, 2.05) is 12.3 Å². The first-order valence-corrected chi connectivity index (χ1v) is 6.69. The molecular weight excluding hydrogens is 226 g/mol. The molecule has 4 heteroatoms. The third kappa shape index (κ3) is 3.21. The van der Waals surface area contributed by atoms with Crippen LogP contribution in [0.4, 0.5) is 0 Å². The highest BCUT2D eigenvalue weighted by Crippen LogP contribution is 2.16. The van der Waals surface area contributed by atoms with E-state index in [2.05, 4.69) is 35.1 Å². The van der Waals surface area contributed by atoms with Gasteiger partial charge in [0.2, 0.25) is 5.88 Å². The molecule has 0 aliphatic carbocycles. The summed E-state index contributed by atoms with van der Waals surface area (Å²) in [6.45, 7) is 7.65. The van der Waals surface area contributed by atoms with Crippen LogP contribution in [-0.2, 0) is 6.54 Å². The molecule has 1 saturated heterocycles. The summed E-state index contributed by atoms with van der Waals surface area (Å²) in [4.78, 5) is 6.70. The number of methoxy groups -OCH3 is 1. The SMILES string of the molecule is CCC1CNC(C)CN1Cc1ccnc(OC)c1. The first-order valence-electron chi connectivity index (χ1n) is 6.69. The van der Waals surface area contributed by atoms with E-state index in [1.54, 1.807) is 7.11 Å². The zero-order chi connectivity index (χ0) is 13.0. The number of rotatable bonds is 4. The number of aromatic nitrogens is 1. The summed E-state index contributed by atoms with van der Waals surface area (Å²) >= 11 is 0. The van der Waals surface area contributed by atoms with E-state index >= 15 is 0 Å². The molecule has 1 N–H and O–H groups in total. The van der Waals surface area contributed by atoms with E-state index in [9.17, 15) is 0 Å². The van der Waals surface area contributed by atoms with E-state index in [1.165, 1.54) is 12.0 Å². The molecule has 4 nitrogen and oxygen atoms in total. The average molecular weight is 249 g/mol. The van der Waals surface area contributed by atoms with Crippen LogP contribution in [0.1, 0.15) is 25.8 Å². The van der Waals surface area contributed by atoms with E-state index in [-0.39, 0.29) is 0 Å². The maximum atomic E-state index is 5.18. The van der Waals surface area contributed by atoms with Gasteiger partial charge in [0.25, 0.3) is 0 Å². The summed E-state index contributed by atoms with van der Waals surface area (Å²) in [6.07, 6.45) is 3.00. The molecule has 2 atom stereocenters. The third-order valence-corrected chi connectivity index (χ3v) is 3.59. The van der Waals surface area contributed by atoms with Crippen LogP contribution in [-0.4, -0.2) is 42.2 Å². The van der Waals surface area contributed by atoms with Crippen LogP contribution >= 0.6 is 0 Å². The number of pyridine rings is 1. The van der Waals surface area contributed by atoms with E-state index in [0.717, 1.165) is 19.6 Å². The minimum atomic E-state index is 0.566. The highest BCUT2D eigenvalue weighted by molar-refractivity contribution is 5.20. The molecule has 18 heavy (non-hydrogen) atoms. The van der Waals surface area contributed by atoms with Crippen molar-refractivity contribution in [3.8, 4) is 5.88 Å². The number of nitrogens with one attached hydrogen (secondary N) is 1. The molecule has 1 fully saturated rings. The second kappa shape index (κ2) is 6.16. The zero-order valence-corrected chi connectivity index (χ0v) is 11.5. The number of hydrogen-bond acceptors (Lipinski definition) is 4. The van der Waals surface area contributed by atoms with Crippen LogP contribution in [0.15, 0.2) is 18.3 Å². The Labute approximate surface area is 109 Å². The smallest absolute Gasteiger partial charge is 0.213 e. The number of nitrogens with zero attached hydrogens (tertiary/aromatic N) is 2. The van der Waals surface area contributed by atoms with Gasteiger partial charge < -0.3 is 10.1 Å². The van der Waals surface area contributed by atoms with Crippen LogP contribution in [0.5, 0.6) is 5.88 Å². The molecule has 0 amide bonds. The van der Waals surface area contributed by atoms with Crippen LogP contribution < -0.4 is 10.1 Å².